The van der Waals surface area contributed by atoms with Gasteiger partial charge in [-0.2, -0.15) is 0 Å². The largest absolute Gasteiger partial charge is 0.389 e. The molecule has 15 heavy (non-hydrogen) atoms. The molecule has 1 N–H and O–H groups in total. The summed E-state index contributed by atoms with van der Waals surface area (Å²) in [5, 5.41) is 10.7. The molecule has 2 aliphatic heterocycles. The molecule has 0 spiro atoms. The zero-order valence-corrected chi connectivity index (χ0v) is 9.79. The zero-order chi connectivity index (χ0) is 10.9. The summed E-state index contributed by atoms with van der Waals surface area (Å²) in [6, 6.07) is 0. The number of aliphatic hydroxyl groups is 1. The van der Waals surface area contributed by atoms with E-state index in [0.29, 0.717) is 19.1 Å². The van der Waals surface area contributed by atoms with Crippen LogP contribution in [0, 0.1) is 5.92 Å². The van der Waals surface area contributed by atoms with Gasteiger partial charge >= 0.3 is 0 Å². The molecule has 0 aromatic heterocycles. The lowest BCUT2D eigenvalue weighted by Crippen LogP contribution is -2.52. The van der Waals surface area contributed by atoms with Gasteiger partial charge in [0.25, 0.3) is 0 Å². The maximum Gasteiger partial charge on any atom is 0.0746 e. The lowest BCUT2D eigenvalue weighted by atomic mass is 9.73. The summed E-state index contributed by atoms with van der Waals surface area (Å²) < 4.78 is 11.1. The summed E-state index contributed by atoms with van der Waals surface area (Å²) in [5.74, 6) is 0.300. The third-order valence-electron chi connectivity index (χ3n) is 3.68. The van der Waals surface area contributed by atoms with Crippen molar-refractivity contribution in [2.75, 3.05) is 19.8 Å². The Morgan fingerprint density at radius 1 is 1.27 bits per heavy atom. The highest BCUT2D eigenvalue weighted by atomic mass is 16.5. The van der Waals surface area contributed by atoms with Crippen molar-refractivity contribution in [2.24, 2.45) is 5.92 Å². The molecule has 3 heteroatoms. The van der Waals surface area contributed by atoms with Gasteiger partial charge in [0.05, 0.1) is 24.4 Å². The van der Waals surface area contributed by atoms with E-state index in [-0.39, 0.29) is 5.60 Å². The molecule has 0 amide bonds. The molecular formula is C12H22O3. The molecule has 2 heterocycles. The van der Waals surface area contributed by atoms with Gasteiger partial charge in [-0.05, 0) is 33.1 Å². The average Bonchev–Trinajstić information content (AvgIpc) is 2.17. The van der Waals surface area contributed by atoms with Crippen LogP contribution >= 0.6 is 0 Å². The predicted octanol–water partition coefficient (Wildman–Crippen LogP) is 1.73. The highest BCUT2D eigenvalue weighted by Crippen LogP contribution is 2.39. The molecule has 2 saturated heterocycles. The van der Waals surface area contributed by atoms with E-state index in [1.807, 2.05) is 0 Å². The molecule has 2 aliphatic rings. The van der Waals surface area contributed by atoms with Crippen molar-refractivity contribution in [1.82, 2.24) is 0 Å². The Morgan fingerprint density at radius 3 is 2.67 bits per heavy atom. The zero-order valence-electron chi connectivity index (χ0n) is 9.79. The van der Waals surface area contributed by atoms with Crippen LogP contribution in [0.4, 0.5) is 0 Å². The molecule has 2 unspecified atom stereocenters. The van der Waals surface area contributed by atoms with Crippen LogP contribution in [0.25, 0.3) is 0 Å². The molecule has 0 aromatic rings. The van der Waals surface area contributed by atoms with Crippen molar-refractivity contribution in [3.63, 3.8) is 0 Å². The second-order valence-electron chi connectivity index (χ2n) is 5.55. The molecule has 0 aliphatic carbocycles. The number of ether oxygens (including phenoxy) is 2. The van der Waals surface area contributed by atoms with Crippen molar-refractivity contribution >= 4 is 0 Å². The van der Waals surface area contributed by atoms with Crippen LogP contribution in [0.2, 0.25) is 0 Å². The standard InChI is InChI=1S/C12H22O3/c1-11(2)9-12(13,5-7-15-11)10-4-3-6-14-8-10/h10,13H,3-9H2,1-2H3. The summed E-state index contributed by atoms with van der Waals surface area (Å²) >= 11 is 0. The van der Waals surface area contributed by atoms with Crippen molar-refractivity contribution in [3.05, 3.63) is 0 Å². The fourth-order valence-electron chi connectivity index (χ4n) is 2.89. The Bertz CT molecular complexity index is 221. The van der Waals surface area contributed by atoms with E-state index in [9.17, 15) is 5.11 Å². The van der Waals surface area contributed by atoms with Crippen molar-refractivity contribution in [1.29, 1.82) is 0 Å². The first-order valence-corrected chi connectivity index (χ1v) is 5.96. The molecule has 2 fully saturated rings. The van der Waals surface area contributed by atoms with Crippen molar-refractivity contribution in [3.8, 4) is 0 Å². The van der Waals surface area contributed by atoms with Crippen LogP contribution in [0.3, 0.4) is 0 Å². The minimum absolute atomic E-state index is 0.190. The fourth-order valence-corrected chi connectivity index (χ4v) is 2.89. The Hall–Kier alpha value is -0.120. The SMILES string of the molecule is CC1(C)CC(O)(C2CCCOC2)CCO1. The van der Waals surface area contributed by atoms with Gasteiger partial charge in [0.1, 0.15) is 0 Å². The molecule has 0 radical (unpaired) electrons. The molecule has 2 rings (SSSR count). The van der Waals surface area contributed by atoms with Crippen LogP contribution in [-0.4, -0.2) is 36.1 Å². The average molecular weight is 214 g/mol. The van der Waals surface area contributed by atoms with Gasteiger partial charge in [0.2, 0.25) is 0 Å². The first-order chi connectivity index (χ1) is 7.02. The molecule has 0 bridgehead atoms. The summed E-state index contributed by atoms with van der Waals surface area (Å²) in [5.41, 5.74) is -0.757. The van der Waals surface area contributed by atoms with E-state index < -0.39 is 5.60 Å². The Labute approximate surface area is 91.8 Å². The molecule has 88 valence electrons. The van der Waals surface area contributed by atoms with Crippen LogP contribution < -0.4 is 0 Å². The summed E-state index contributed by atoms with van der Waals surface area (Å²) in [6.07, 6.45) is 3.65. The summed E-state index contributed by atoms with van der Waals surface area (Å²) in [4.78, 5) is 0. The summed E-state index contributed by atoms with van der Waals surface area (Å²) in [6.45, 7) is 6.35. The first kappa shape index (κ1) is 11.4. The van der Waals surface area contributed by atoms with Gasteiger partial charge < -0.3 is 14.6 Å². The second kappa shape index (κ2) is 4.04. The van der Waals surface area contributed by atoms with E-state index >= 15 is 0 Å². The smallest absolute Gasteiger partial charge is 0.0746 e. The van der Waals surface area contributed by atoms with Crippen molar-refractivity contribution in [2.45, 2.75) is 50.7 Å². The topological polar surface area (TPSA) is 38.7 Å². The number of hydrogen-bond acceptors (Lipinski definition) is 3. The normalized spacial score (nSPS) is 41.4. The van der Waals surface area contributed by atoms with E-state index in [1.54, 1.807) is 0 Å². The maximum atomic E-state index is 10.7. The summed E-state index contributed by atoms with van der Waals surface area (Å²) in [7, 11) is 0. The molecule has 2 atom stereocenters. The third-order valence-corrected chi connectivity index (χ3v) is 3.68. The Kier molecular flexibility index (Phi) is 3.06. The van der Waals surface area contributed by atoms with E-state index in [0.717, 1.165) is 32.3 Å². The van der Waals surface area contributed by atoms with Gasteiger partial charge in [-0.1, -0.05) is 0 Å². The van der Waals surface area contributed by atoms with Crippen LogP contribution in [0.5, 0.6) is 0 Å². The number of hydrogen-bond donors (Lipinski definition) is 1. The van der Waals surface area contributed by atoms with Crippen LogP contribution in [0.15, 0.2) is 0 Å². The monoisotopic (exact) mass is 214 g/mol. The van der Waals surface area contributed by atoms with E-state index in [4.69, 9.17) is 9.47 Å². The quantitative estimate of drug-likeness (QED) is 0.722. The van der Waals surface area contributed by atoms with Gasteiger partial charge in [-0.3, -0.25) is 0 Å². The minimum Gasteiger partial charge on any atom is -0.389 e. The first-order valence-electron chi connectivity index (χ1n) is 5.96. The van der Waals surface area contributed by atoms with Crippen LogP contribution in [0.1, 0.15) is 39.5 Å². The van der Waals surface area contributed by atoms with Gasteiger partial charge in [-0.15, -0.1) is 0 Å². The lowest BCUT2D eigenvalue weighted by molar-refractivity contribution is -0.181. The molecule has 0 saturated carbocycles. The Balaban J connectivity index is 2.04. The van der Waals surface area contributed by atoms with Crippen molar-refractivity contribution < 1.29 is 14.6 Å². The predicted molar refractivity (Wildman–Crippen MR) is 57.8 cm³/mol. The number of rotatable bonds is 1. The Morgan fingerprint density at radius 2 is 2.07 bits per heavy atom. The lowest BCUT2D eigenvalue weighted by Gasteiger charge is -2.46. The van der Waals surface area contributed by atoms with E-state index in [1.165, 1.54) is 0 Å². The molecular weight excluding hydrogens is 192 g/mol. The van der Waals surface area contributed by atoms with Gasteiger partial charge in [0.15, 0.2) is 0 Å². The van der Waals surface area contributed by atoms with E-state index in [2.05, 4.69) is 13.8 Å². The maximum absolute atomic E-state index is 10.7. The molecule has 3 nitrogen and oxygen atoms in total. The highest BCUT2D eigenvalue weighted by Gasteiger charge is 2.45. The molecule has 0 aromatic carbocycles. The minimum atomic E-state index is -0.567. The third kappa shape index (κ3) is 2.52. The highest BCUT2D eigenvalue weighted by molar-refractivity contribution is 4.95. The van der Waals surface area contributed by atoms with Gasteiger partial charge in [-0.25, -0.2) is 0 Å². The fraction of sp³-hybridized carbons (Fsp3) is 1.00. The van der Waals surface area contributed by atoms with Gasteiger partial charge in [0, 0.05) is 18.9 Å². The van der Waals surface area contributed by atoms with Crippen LogP contribution in [-0.2, 0) is 9.47 Å². The second-order valence-corrected chi connectivity index (χ2v) is 5.55.